The van der Waals surface area contributed by atoms with Gasteiger partial charge in [0.05, 0.1) is 6.10 Å². The third kappa shape index (κ3) is 4.72. The molecule has 1 aromatic rings. The van der Waals surface area contributed by atoms with Gasteiger partial charge in [-0.15, -0.1) is 0 Å². The van der Waals surface area contributed by atoms with E-state index in [4.69, 9.17) is 5.73 Å². The zero-order valence-corrected chi connectivity index (χ0v) is 12.6. The van der Waals surface area contributed by atoms with Gasteiger partial charge in [0.15, 0.2) is 0 Å². The number of hydrogen-bond donors (Lipinski definition) is 3. The van der Waals surface area contributed by atoms with E-state index in [1.165, 1.54) is 0 Å². The maximum Gasteiger partial charge on any atom is 0.224 e. The van der Waals surface area contributed by atoms with E-state index in [1.807, 2.05) is 25.1 Å². The Morgan fingerprint density at radius 2 is 2.33 bits per heavy atom. The van der Waals surface area contributed by atoms with Crippen LogP contribution in [-0.2, 0) is 4.79 Å². The number of nitrogens with one attached hydrogen (secondary N) is 1. The first-order chi connectivity index (χ1) is 10.1. The Kier molecular flexibility index (Phi) is 5.59. The Bertz CT molecular complexity index is 490. The minimum absolute atomic E-state index is 0.0151. The highest BCUT2D eigenvalue weighted by Gasteiger charge is 2.17. The van der Waals surface area contributed by atoms with Crippen molar-refractivity contribution in [2.45, 2.75) is 38.7 Å². The van der Waals surface area contributed by atoms with Gasteiger partial charge in [0.25, 0.3) is 0 Å². The maximum atomic E-state index is 12.0. The molecular weight excluding hydrogens is 266 g/mol. The van der Waals surface area contributed by atoms with E-state index < -0.39 is 0 Å². The molecule has 1 aliphatic heterocycles. The SMILES string of the molecule is Cc1c(N)cccc1NC(=O)CCCN1CCCC(O)C1. The Hall–Kier alpha value is -1.59. The van der Waals surface area contributed by atoms with Gasteiger partial charge in [0, 0.05) is 24.3 Å². The topological polar surface area (TPSA) is 78.6 Å². The van der Waals surface area contributed by atoms with Crippen LogP contribution in [0.25, 0.3) is 0 Å². The van der Waals surface area contributed by atoms with E-state index >= 15 is 0 Å². The van der Waals surface area contributed by atoms with E-state index in [0.717, 1.165) is 50.1 Å². The second-order valence-electron chi connectivity index (χ2n) is 5.77. The number of piperidine rings is 1. The van der Waals surface area contributed by atoms with Crippen LogP contribution in [0.5, 0.6) is 0 Å². The summed E-state index contributed by atoms with van der Waals surface area (Å²) >= 11 is 0. The second-order valence-corrected chi connectivity index (χ2v) is 5.77. The van der Waals surface area contributed by atoms with Crippen molar-refractivity contribution in [1.29, 1.82) is 0 Å². The van der Waals surface area contributed by atoms with Crippen LogP contribution in [0.4, 0.5) is 11.4 Å². The molecule has 0 aliphatic carbocycles. The van der Waals surface area contributed by atoms with Gasteiger partial charge >= 0.3 is 0 Å². The fourth-order valence-electron chi connectivity index (χ4n) is 2.70. The molecule has 0 bridgehead atoms. The largest absolute Gasteiger partial charge is 0.398 e. The van der Waals surface area contributed by atoms with Crippen molar-refractivity contribution in [2.24, 2.45) is 0 Å². The summed E-state index contributed by atoms with van der Waals surface area (Å²) in [6, 6.07) is 5.53. The molecule has 2 rings (SSSR count). The zero-order chi connectivity index (χ0) is 15.2. The van der Waals surface area contributed by atoms with Gasteiger partial charge in [-0.2, -0.15) is 0 Å². The van der Waals surface area contributed by atoms with Crippen molar-refractivity contribution in [3.05, 3.63) is 23.8 Å². The molecule has 116 valence electrons. The molecule has 1 unspecified atom stereocenters. The molecule has 1 aromatic carbocycles. The van der Waals surface area contributed by atoms with E-state index in [2.05, 4.69) is 10.2 Å². The van der Waals surface area contributed by atoms with Crippen LogP contribution in [0.1, 0.15) is 31.2 Å². The highest BCUT2D eigenvalue weighted by molar-refractivity contribution is 5.92. The summed E-state index contributed by atoms with van der Waals surface area (Å²) in [4.78, 5) is 14.2. The monoisotopic (exact) mass is 291 g/mol. The number of likely N-dealkylation sites (tertiary alicyclic amines) is 1. The summed E-state index contributed by atoms with van der Waals surface area (Å²) < 4.78 is 0. The molecule has 1 aliphatic rings. The summed E-state index contributed by atoms with van der Waals surface area (Å²) in [6.07, 6.45) is 3.02. The average Bonchev–Trinajstić information content (AvgIpc) is 2.44. The molecule has 1 fully saturated rings. The van der Waals surface area contributed by atoms with Gasteiger partial charge < -0.3 is 21.1 Å². The van der Waals surface area contributed by atoms with Gasteiger partial charge in [0.2, 0.25) is 5.91 Å². The second kappa shape index (κ2) is 7.43. The fourth-order valence-corrected chi connectivity index (χ4v) is 2.70. The number of aliphatic hydroxyl groups excluding tert-OH is 1. The number of aliphatic hydroxyl groups is 1. The van der Waals surface area contributed by atoms with Gasteiger partial charge in [-0.1, -0.05) is 6.07 Å². The molecule has 4 N–H and O–H groups in total. The lowest BCUT2D eigenvalue weighted by Gasteiger charge is -2.29. The van der Waals surface area contributed by atoms with Crippen molar-refractivity contribution in [2.75, 3.05) is 30.7 Å². The van der Waals surface area contributed by atoms with Crippen LogP contribution < -0.4 is 11.1 Å². The molecule has 5 nitrogen and oxygen atoms in total. The van der Waals surface area contributed by atoms with Gasteiger partial charge in [-0.3, -0.25) is 4.79 Å². The summed E-state index contributed by atoms with van der Waals surface area (Å²) in [5, 5.41) is 12.5. The Morgan fingerprint density at radius 1 is 1.52 bits per heavy atom. The highest BCUT2D eigenvalue weighted by Crippen LogP contribution is 2.20. The van der Waals surface area contributed by atoms with Gasteiger partial charge in [-0.05, 0) is 57.0 Å². The number of nitrogen functional groups attached to an aromatic ring is 1. The number of amides is 1. The van der Waals surface area contributed by atoms with E-state index in [1.54, 1.807) is 0 Å². The van der Waals surface area contributed by atoms with Crippen molar-refractivity contribution in [1.82, 2.24) is 4.90 Å². The third-order valence-electron chi connectivity index (χ3n) is 4.01. The van der Waals surface area contributed by atoms with Crippen LogP contribution in [-0.4, -0.2) is 41.7 Å². The number of benzene rings is 1. The van der Waals surface area contributed by atoms with Crippen LogP contribution >= 0.6 is 0 Å². The van der Waals surface area contributed by atoms with E-state index in [9.17, 15) is 9.90 Å². The van der Waals surface area contributed by atoms with Crippen molar-refractivity contribution in [3.63, 3.8) is 0 Å². The number of carbonyl (C=O) groups excluding carboxylic acids is 1. The first kappa shape index (κ1) is 15.8. The Morgan fingerprint density at radius 3 is 3.10 bits per heavy atom. The Labute approximate surface area is 126 Å². The number of nitrogens with zero attached hydrogens (tertiary/aromatic N) is 1. The summed E-state index contributed by atoms with van der Waals surface area (Å²) in [5.74, 6) is 0.0151. The predicted molar refractivity (Wildman–Crippen MR) is 85.1 cm³/mol. The predicted octanol–water partition coefficient (Wildman–Crippen LogP) is 1.75. The normalized spacial score (nSPS) is 19.4. The lowest BCUT2D eigenvalue weighted by atomic mass is 10.1. The summed E-state index contributed by atoms with van der Waals surface area (Å²) in [6.45, 7) is 4.52. The molecule has 0 spiro atoms. The molecule has 1 amide bonds. The minimum atomic E-state index is -0.206. The number of carbonyl (C=O) groups is 1. The van der Waals surface area contributed by atoms with Crippen LogP contribution in [0.2, 0.25) is 0 Å². The van der Waals surface area contributed by atoms with E-state index in [0.29, 0.717) is 12.1 Å². The quantitative estimate of drug-likeness (QED) is 0.722. The molecule has 5 heteroatoms. The molecule has 21 heavy (non-hydrogen) atoms. The molecule has 0 saturated carbocycles. The molecule has 1 atom stereocenters. The van der Waals surface area contributed by atoms with Crippen molar-refractivity contribution >= 4 is 17.3 Å². The average molecular weight is 291 g/mol. The zero-order valence-electron chi connectivity index (χ0n) is 12.6. The molecule has 1 saturated heterocycles. The first-order valence-electron chi connectivity index (χ1n) is 7.61. The smallest absolute Gasteiger partial charge is 0.224 e. The van der Waals surface area contributed by atoms with Crippen LogP contribution in [0.3, 0.4) is 0 Å². The molecule has 1 heterocycles. The van der Waals surface area contributed by atoms with Crippen LogP contribution in [0.15, 0.2) is 18.2 Å². The summed E-state index contributed by atoms with van der Waals surface area (Å²) in [7, 11) is 0. The third-order valence-corrected chi connectivity index (χ3v) is 4.01. The number of β-amino-alcohol motifs (C(OH)–C–C–N with tert-alkyl or cyclic N) is 1. The molecule has 0 aromatic heterocycles. The van der Waals surface area contributed by atoms with Crippen molar-refractivity contribution in [3.8, 4) is 0 Å². The highest BCUT2D eigenvalue weighted by atomic mass is 16.3. The number of anilines is 2. The molecular formula is C16H25N3O2. The van der Waals surface area contributed by atoms with Crippen LogP contribution in [0, 0.1) is 6.92 Å². The standard InChI is InChI=1S/C16H25N3O2/c1-12-14(17)6-2-7-15(12)18-16(21)8-4-10-19-9-3-5-13(20)11-19/h2,6-7,13,20H,3-5,8-11,17H2,1H3,(H,18,21). The molecule has 0 radical (unpaired) electrons. The lowest BCUT2D eigenvalue weighted by molar-refractivity contribution is -0.116. The number of hydrogen-bond acceptors (Lipinski definition) is 4. The number of rotatable bonds is 5. The van der Waals surface area contributed by atoms with Gasteiger partial charge in [-0.25, -0.2) is 0 Å². The van der Waals surface area contributed by atoms with Crippen molar-refractivity contribution < 1.29 is 9.90 Å². The maximum absolute atomic E-state index is 12.0. The first-order valence-corrected chi connectivity index (χ1v) is 7.61. The minimum Gasteiger partial charge on any atom is -0.398 e. The lowest BCUT2D eigenvalue weighted by Crippen LogP contribution is -2.38. The number of nitrogens with two attached hydrogens (primary N) is 1. The van der Waals surface area contributed by atoms with Gasteiger partial charge in [0.1, 0.15) is 0 Å². The fraction of sp³-hybridized carbons (Fsp3) is 0.562. The Balaban J connectivity index is 1.73. The van der Waals surface area contributed by atoms with E-state index in [-0.39, 0.29) is 12.0 Å². The summed E-state index contributed by atoms with van der Waals surface area (Å²) in [5.41, 5.74) is 8.21.